The van der Waals surface area contributed by atoms with Crippen LogP contribution < -0.4 is 16.0 Å². The molecule has 3 aromatic carbocycles. The highest BCUT2D eigenvalue weighted by Crippen LogP contribution is 2.24. The second-order valence-corrected chi connectivity index (χ2v) is 10.7. The van der Waals surface area contributed by atoms with Crippen LogP contribution >= 0.6 is 23.2 Å². The van der Waals surface area contributed by atoms with E-state index in [9.17, 15) is 9.59 Å². The van der Waals surface area contributed by atoms with E-state index in [1.165, 1.54) is 5.56 Å². The predicted molar refractivity (Wildman–Crippen MR) is 160 cm³/mol. The molecule has 4 rings (SSSR count). The molecule has 2 amide bonds. The second kappa shape index (κ2) is 14.4. The summed E-state index contributed by atoms with van der Waals surface area (Å²) in [5, 5.41) is 10.7. The fourth-order valence-electron chi connectivity index (χ4n) is 4.96. The van der Waals surface area contributed by atoms with Crippen LogP contribution in [-0.4, -0.2) is 55.0 Å². The highest BCUT2D eigenvalue weighted by Gasteiger charge is 2.32. The molecule has 0 saturated carbocycles. The zero-order valence-corrected chi connectivity index (χ0v) is 23.7. The van der Waals surface area contributed by atoms with E-state index in [0.717, 1.165) is 18.5 Å². The maximum atomic E-state index is 13.8. The molecular weight excluding hydrogens is 531 g/mol. The summed E-state index contributed by atoms with van der Waals surface area (Å²) < 4.78 is 0. The van der Waals surface area contributed by atoms with Gasteiger partial charge in [-0.3, -0.25) is 9.59 Å². The normalized spacial score (nSPS) is 18.3. The fraction of sp³-hybridized carbons (Fsp3) is 0.355. The number of hydrogen-bond acceptors (Lipinski definition) is 4. The van der Waals surface area contributed by atoms with E-state index < -0.39 is 0 Å². The minimum Gasteiger partial charge on any atom is -0.385 e. The maximum Gasteiger partial charge on any atom is 0.251 e. The van der Waals surface area contributed by atoms with Crippen LogP contribution in [0.1, 0.15) is 48.0 Å². The summed E-state index contributed by atoms with van der Waals surface area (Å²) in [6, 6.07) is 24.8. The first-order valence-electron chi connectivity index (χ1n) is 13.6. The molecule has 1 heterocycles. The number of carbonyl (C=O) groups excluding carboxylic acids is 2. The minimum absolute atomic E-state index is 0.0517. The number of benzene rings is 3. The van der Waals surface area contributed by atoms with Crippen LogP contribution in [-0.2, 0) is 4.79 Å². The van der Waals surface area contributed by atoms with Crippen molar-refractivity contribution in [2.45, 2.75) is 44.2 Å². The lowest BCUT2D eigenvalue weighted by molar-refractivity contribution is -0.133. The van der Waals surface area contributed by atoms with Gasteiger partial charge in [0.15, 0.2) is 0 Å². The Hall–Kier alpha value is -3.06. The van der Waals surface area contributed by atoms with Crippen molar-refractivity contribution in [3.63, 3.8) is 0 Å². The zero-order valence-electron chi connectivity index (χ0n) is 22.2. The largest absolute Gasteiger partial charge is 0.385 e. The number of rotatable bonds is 11. The zero-order chi connectivity index (χ0) is 27.6. The number of hydrogen-bond donors (Lipinski definition) is 3. The van der Waals surface area contributed by atoms with E-state index in [4.69, 9.17) is 23.2 Å². The van der Waals surface area contributed by atoms with Crippen LogP contribution in [0.5, 0.6) is 0 Å². The number of nitrogens with zero attached hydrogens (tertiary/aromatic N) is 1. The molecule has 0 spiro atoms. The highest BCUT2D eigenvalue weighted by atomic mass is 35.5. The predicted octanol–water partition coefficient (Wildman–Crippen LogP) is 5.98. The van der Waals surface area contributed by atoms with E-state index in [2.05, 4.69) is 47.1 Å². The van der Waals surface area contributed by atoms with E-state index in [-0.39, 0.29) is 29.8 Å². The van der Waals surface area contributed by atoms with Crippen LogP contribution in [0.25, 0.3) is 0 Å². The highest BCUT2D eigenvalue weighted by molar-refractivity contribution is 6.42. The van der Waals surface area contributed by atoms with Gasteiger partial charge in [-0.1, -0.05) is 78.7 Å². The number of nitrogens with one attached hydrogen (secondary N) is 3. The van der Waals surface area contributed by atoms with Crippen molar-refractivity contribution in [2.24, 2.45) is 0 Å². The first-order valence-corrected chi connectivity index (χ1v) is 14.3. The molecule has 0 bridgehead atoms. The molecule has 3 unspecified atom stereocenters. The third kappa shape index (κ3) is 8.21. The van der Waals surface area contributed by atoms with Gasteiger partial charge in [-0.05, 0) is 55.2 Å². The van der Waals surface area contributed by atoms with Gasteiger partial charge in [0, 0.05) is 49.4 Å². The lowest BCUT2D eigenvalue weighted by Crippen LogP contribution is -2.49. The van der Waals surface area contributed by atoms with Gasteiger partial charge in [0.25, 0.3) is 5.91 Å². The Bertz CT molecular complexity index is 1230. The van der Waals surface area contributed by atoms with Crippen molar-refractivity contribution in [1.82, 2.24) is 15.5 Å². The molecule has 8 heteroatoms. The van der Waals surface area contributed by atoms with Crippen molar-refractivity contribution in [2.75, 3.05) is 31.5 Å². The Morgan fingerprint density at radius 1 is 1.03 bits per heavy atom. The van der Waals surface area contributed by atoms with Crippen LogP contribution in [0.4, 0.5) is 5.69 Å². The summed E-state index contributed by atoms with van der Waals surface area (Å²) >= 11 is 12.1. The number of carbonyl (C=O) groups is 2. The molecule has 3 atom stereocenters. The topological polar surface area (TPSA) is 73.5 Å². The van der Waals surface area contributed by atoms with Crippen LogP contribution in [0.2, 0.25) is 10.0 Å². The summed E-state index contributed by atoms with van der Waals surface area (Å²) in [7, 11) is 0. The average Bonchev–Trinajstić information content (AvgIpc) is 3.11. The van der Waals surface area contributed by atoms with Gasteiger partial charge in [-0.2, -0.15) is 0 Å². The quantitative estimate of drug-likeness (QED) is 0.267. The van der Waals surface area contributed by atoms with Crippen molar-refractivity contribution in [1.29, 1.82) is 0 Å². The summed E-state index contributed by atoms with van der Waals surface area (Å²) in [5.41, 5.74) is 2.72. The number of halogens is 2. The number of para-hydroxylation sites is 1. The Kier molecular flexibility index (Phi) is 10.7. The smallest absolute Gasteiger partial charge is 0.251 e. The van der Waals surface area contributed by atoms with Gasteiger partial charge < -0.3 is 20.9 Å². The summed E-state index contributed by atoms with van der Waals surface area (Å²) in [5.74, 6) is 0.155. The Labute approximate surface area is 241 Å². The van der Waals surface area contributed by atoms with Crippen molar-refractivity contribution >= 4 is 40.7 Å². The molecule has 1 aliphatic heterocycles. The van der Waals surface area contributed by atoms with E-state index in [1.54, 1.807) is 18.2 Å². The van der Waals surface area contributed by atoms with Crippen molar-refractivity contribution in [3.05, 3.63) is 100 Å². The molecule has 206 valence electrons. The van der Waals surface area contributed by atoms with Gasteiger partial charge in [-0.15, -0.1) is 0 Å². The first kappa shape index (κ1) is 28.9. The van der Waals surface area contributed by atoms with E-state index in [0.29, 0.717) is 48.2 Å². The number of anilines is 1. The Balaban J connectivity index is 1.43. The van der Waals surface area contributed by atoms with Crippen molar-refractivity contribution in [3.8, 4) is 0 Å². The van der Waals surface area contributed by atoms with E-state index >= 15 is 0 Å². The third-order valence-corrected chi connectivity index (χ3v) is 7.96. The Morgan fingerprint density at radius 3 is 2.44 bits per heavy atom. The van der Waals surface area contributed by atoms with Gasteiger partial charge in [0.05, 0.1) is 16.1 Å². The summed E-state index contributed by atoms with van der Waals surface area (Å²) in [6.07, 6.45) is 2.31. The molecule has 39 heavy (non-hydrogen) atoms. The molecule has 1 fully saturated rings. The van der Waals surface area contributed by atoms with Gasteiger partial charge in [0.2, 0.25) is 5.91 Å². The minimum atomic E-state index is -0.358. The van der Waals surface area contributed by atoms with Crippen LogP contribution in [0.15, 0.2) is 78.9 Å². The molecule has 3 aromatic rings. The van der Waals surface area contributed by atoms with Gasteiger partial charge >= 0.3 is 0 Å². The first-order chi connectivity index (χ1) is 18.9. The number of amides is 2. The molecule has 1 saturated heterocycles. The molecule has 0 aliphatic carbocycles. The lowest BCUT2D eigenvalue weighted by atomic mass is 9.95. The Morgan fingerprint density at radius 2 is 1.74 bits per heavy atom. The second-order valence-electron chi connectivity index (χ2n) is 9.93. The van der Waals surface area contributed by atoms with Crippen LogP contribution in [0, 0.1) is 0 Å². The van der Waals surface area contributed by atoms with Crippen molar-refractivity contribution < 1.29 is 9.59 Å². The molecule has 1 aliphatic rings. The fourth-order valence-corrected chi connectivity index (χ4v) is 5.26. The average molecular weight is 568 g/mol. The molecular formula is C31H36Cl2N4O2. The van der Waals surface area contributed by atoms with Crippen LogP contribution in [0.3, 0.4) is 0 Å². The van der Waals surface area contributed by atoms with Gasteiger partial charge in [-0.25, -0.2) is 0 Å². The third-order valence-electron chi connectivity index (χ3n) is 7.23. The standard InChI is InChI=1S/C31H36Cl2N4O2/c1-2-22(23-9-5-3-6-10-23)21-37-18-16-26(20-35-30(38)24-13-14-27(32)28(33)19-24)36-29(31(37)39)15-17-34-25-11-7-4-8-12-25/h3-14,19,22,26,29,34,36H,2,15-18,20-21H2,1H3,(H,35,38). The monoisotopic (exact) mass is 566 g/mol. The molecule has 0 aromatic heterocycles. The SMILES string of the molecule is CCC(CN1CCC(CNC(=O)c2ccc(Cl)c(Cl)c2)NC(CCNc2ccccc2)C1=O)c1ccccc1. The summed E-state index contributed by atoms with van der Waals surface area (Å²) in [6.45, 7) is 4.52. The maximum absolute atomic E-state index is 13.8. The molecule has 0 radical (unpaired) electrons. The van der Waals surface area contributed by atoms with E-state index in [1.807, 2.05) is 41.3 Å². The molecule has 3 N–H and O–H groups in total. The van der Waals surface area contributed by atoms with Gasteiger partial charge in [0.1, 0.15) is 0 Å². The molecule has 6 nitrogen and oxygen atoms in total. The lowest BCUT2D eigenvalue weighted by Gasteiger charge is -2.28. The summed E-state index contributed by atoms with van der Waals surface area (Å²) in [4.78, 5) is 28.6.